The average Bonchev–Trinajstić information content (AvgIpc) is 2.75. The monoisotopic (exact) mass is 412 g/mol. The number of carbonyl (C=O) groups is 1. The summed E-state index contributed by atoms with van der Waals surface area (Å²) in [6.45, 7) is 6.20. The Morgan fingerprint density at radius 3 is 2.57 bits per heavy atom. The molecule has 0 saturated carbocycles. The van der Waals surface area contributed by atoms with Crippen LogP contribution in [0.3, 0.4) is 0 Å². The van der Waals surface area contributed by atoms with E-state index in [-0.39, 0.29) is 11.2 Å². The minimum atomic E-state index is -0.779. The number of ether oxygens (including phenoxy) is 4. The van der Waals surface area contributed by atoms with Crippen LogP contribution in [0.4, 0.5) is 0 Å². The molecule has 0 saturated heterocycles. The van der Waals surface area contributed by atoms with E-state index >= 15 is 0 Å². The van der Waals surface area contributed by atoms with Crippen LogP contribution >= 0.6 is 0 Å². The van der Waals surface area contributed by atoms with Crippen LogP contribution in [-0.2, 0) is 9.53 Å². The summed E-state index contributed by atoms with van der Waals surface area (Å²) in [5, 5.41) is 0.329. The maximum Gasteiger partial charge on any atom is 0.347 e. The van der Waals surface area contributed by atoms with Crippen molar-refractivity contribution in [2.75, 3.05) is 13.2 Å². The summed E-state index contributed by atoms with van der Waals surface area (Å²) in [6.07, 6.45) is 1.20. The van der Waals surface area contributed by atoms with Gasteiger partial charge in [0.2, 0.25) is 11.2 Å². The average molecular weight is 412 g/mol. The summed E-state index contributed by atoms with van der Waals surface area (Å²) in [6, 6.07) is 11.8. The topological polar surface area (TPSA) is 84.2 Å². The van der Waals surface area contributed by atoms with E-state index in [9.17, 15) is 9.59 Å². The van der Waals surface area contributed by atoms with Crippen molar-refractivity contribution in [3.63, 3.8) is 0 Å². The highest BCUT2D eigenvalue weighted by molar-refractivity contribution is 5.79. The lowest BCUT2D eigenvalue weighted by Crippen LogP contribution is -2.26. The molecule has 0 N–H and O–H groups in total. The highest BCUT2D eigenvalue weighted by Gasteiger charge is 2.17. The lowest BCUT2D eigenvalue weighted by Gasteiger charge is -2.14. The Morgan fingerprint density at radius 1 is 1.07 bits per heavy atom. The molecule has 3 rings (SSSR count). The van der Waals surface area contributed by atoms with Crippen LogP contribution in [0, 0.1) is 0 Å². The summed E-state index contributed by atoms with van der Waals surface area (Å²) in [4.78, 5) is 24.7. The van der Waals surface area contributed by atoms with Crippen molar-refractivity contribution in [3.05, 3.63) is 59.0 Å². The molecule has 1 atom stereocenters. The third-order valence-corrected chi connectivity index (χ3v) is 4.18. The first kappa shape index (κ1) is 21.2. The van der Waals surface area contributed by atoms with Crippen LogP contribution in [0.2, 0.25) is 0 Å². The Balaban J connectivity index is 1.81. The maximum absolute atomic E-state index is 12.8. The number of rotatable bonds is 9. The minimum absolute atomic E-state index is 0.0415. The van der Waals surface area contributed by atoms with Crippen molar-refractivity contribution < 1.29 is 28.2 Å². The minimum Gasteiger partial charge on any atom is -0.490 e. The SMILES string of the molecule is CCCOC(=O)C(C)Oc1ccc2c(=O)c(Oc3ccccc3OCC)coc2c1. The third kappa shape index (κ3) is 4.92. The van der Waals surface area contributed by atoms with Crippen molar-refractivity contribution in [2.24, 2.45) is 0 Å². The maximum atomic E-state index is 12.8. The molecule has 7 nitrogen and oxygen atoms in total. The molecule has 0 aliphatic carbocycles. The Labute approximate surface area is 174 Å². The smallest absolute Gasteiger partial charge is 0.347 e. The van der Waals surface area contributed by atoms with Crippen molar-refractivity contribution in [3.8, 4) is 23.0 Å². The molecule has 0 bridgehead atoms. The fraction of sp³-hybridized carbons (Fsp3) is 0.304. The molecule has 1 unspecified atom stereocenters. The zero-order valence-corrected chi connectivity index (χ0v) is 17.2. The van der Waals surface area contributed by atoms with Gasteiger partial charge in [0.05, 0.1) is 18.6 Å². The lowest BCUT2D eigenvalue weighted by atomic mass is 10.2. The molecular formula is C23H24O7. The van der Waals surface area contributed by atoms with Gasteiger partial charge in [0.25, 0.3) is 0 Å². The van der Waals surface area contributed by atoms with Gasteiger partial charge in [-0.25, -0.2) is 4.79 Å². The van der Waals surface area contributed by atoms with Gasteiger partial charge in [0.15, 0.2) is 17.6 Å². The number of fused-ring (bicyclic) bond motifs is 1. The number of esters is 1. The van der Waals surface area contributed by atoms with Gasteiger partial charge in [0, 0.05) is 6.07 Å². The molecule has 0 fully saturated rings. The van der Waals surface area contributed by atoms with Crippen molar-refractivity contribution in [1.29, 1.82) is 0 Å². The van der Waals surface area contributed by atoms with E-state index in [2.05, 4.69) is 0 Å². The van der Waals surface area contributed by atoms with Gasteiger partial charge in [-0.2, -0.15) is 0 Å². The van der Waals surface area contributed by atoms with E-state index in [0.29, 0.717) is 41.4 Å². The second-order valence-electron chi connectivity index (χ2n) is 6.50. The summed E-state index contributed by atoms with van der Waals surface area (Å²) in [5.41, 5.74) is -0.0124. The largest absolute Gasteiger partial charge is 0.490 e. The highest BCUT2D eigenvalue weighted by Crippen LogP contribution is 2.31. The summed E-state index contributed by atoms with van der Waals surface area (Å²) >= 11 is 0. The van der Waals surface area contributed by atoms with Crippen LogP contribution in [0.5, 0.6) is 23.0 Å². The summed E-state index contributed by atoms with van der Waals surface area (Å²) in [5.74, 6) is 0.939. The Bertz CT molecular complexity index is 1070. The first-order valence-electron chi connectivity index (χ1n) is 9.82. The molecule has 0 spiro atoms. The number of hydrogen-bond acceptors (Lipinski definition) is 7. The van der Waals surface area contributed by atoms with E-state index in [1.54, 1.807) is 43.3 Å². The van der Waals surface area contributed by atoms with Crippen LogP contribution in [0.15, 0.2) is 57.9 Å². The fourth-order valence-electron chi connectivity index (χ4n) is 2.73. The molecule has 0 amide bonds. The molecule has 2 aromatic carbocycles. The molecule has 7 heteroatoms. The normalized spacial score (nSPS) is 11.7. The molecule has 30 heavy (non-hydrogen) atoms. The van der Waals surface area contributed by atoms with Gasteiger partial charge in [-0.1, -0.05) is 19.1 Å². The van der Waals surface area contributed by atoms with Crippen LogP contribution in [-0.4, -0.2) is 25.3 Å². The fourth-order valence-corrected chi connectivity index (χ4v) is 2.73. The highest BCUT2D eigenvalue weighted by atomic mass is 16.6. The molecule has 0 aliphatic rings. The molecule has 1 aromatic heterocycles. The standard InChI is InChI=1S/C23H24O7/c1-4-12-27-23(25)15(3)29-16-10-11-17-20(13-16)28-14-21(22(17)24)30-19-9-7-6-8-18(19)26-5-2/h6-11,13-15H,4-5,12H2,1-3H3. The van der Waals surface area contributed by atoms with Crippen molar-refractivity contribution in [2.45, 2.75) is 33.3 Å². The second kappa shape index (κ2) is 9.82. The number of carbonyl (C=O) groups excluding carboxylic acids is 1. The Morgan fingerprint density at radius 2 is 1.83 bits per heavy atom. The number of benzene rings is 2. The zero-order chi connectivity index (χ0) is 21.5. The van der Waals surface area contributed by atoms with Gasteiger partial charge in [-0.3, -0.25) is 4.79 Å². The van der Waals surface area contributed by atoms with Gasteiger partial charge >= 0.3 is 5.97 Å². The van der Waals surface area contributed by atoms with Crippen molar-refractivity contribution in [1.82, 2.24) is 0 Å². The number of para-hydroxylation sites is 2. The molecule has 0 radical (unpaired) electrons. The van der Waals surface area contributed by atoms with E-state index in [1.165, 1.54) is 6.26 Å². The van der Waals surface area contributed by atoms with Crippen LogP contribution in [0.25, 0.3) is 11.0 Å². The molecule has 3 aromatic rings. The predicted octanol–water partition coefficient (Wildman–Crippen LogP) is 4.70. The first-order chi connectivity index (χ1) is 14.5. The predicted molar refractivity (Wildman–Crippen MR) is 112 cm³/mol. The Hall–Kier alpha value is -3.48. The summed E-state index contributed by atoms with van der Waals surface area (Å²) < 4.78 is 27.5. The van der Waals surface area contributed by atoms with Crippen LogP contribution < -0.4 is 19.6 Å². The van der Waals surface area contributed by atoms with Gasteiger partial charge in [-0.05, 0) is 44.5 Å². The lowest BCUT2D eigenvalue weighted by molar-refractivity contribution is -0.151. The van der Waals surface area contributed by atoms with Gasteiger partial charge in [-0.15, -0.1) is 0 Å². The molecule has 158 valence electrons. The van der Waals surface area contributed by atoms with E-state index < -0.39 is 12.1 Å². The van der Waals surface area contributed by atoms with E-state index in [0.717, 1.165) is 6.42 Å². The third-order valence-electron chi connectivity index (χ3n) is 4.18. The van der Waals surface area contributed by atoms with E-state index in [4.69, 9.17) is 23.4 Å². The molecular weight excluding hydrogens is 388 g/mol. The van der Waals surface area contributed by atoms with Crippen LogP contribution in [0.1, 0.15) is 27.2 Å². The van der Waals surface area contributed by atoms with E-state index in [1.807, 2.05) is 19.9 Å². The second-order valence-corrected chi connectivity index (χ2v) is 6.50. The van der Waals surface area contributed by atoms with Crippen molar-refractivity contribution >= 4 is 16.9 Å². The summed E-state index contributed by atoms with van der Waals surface area (Å²) in [7, 11) is 0. The quantitative estimate of drug-likeness (QED) is 0.471. The number of hydrogen-bond donors (Lipinski definition) is 0. The molecule has 0 aliphatic heterocycles. The van der Waals surface area contributed by atoms with Gasteiger partial charge < -0.3 is 23.4 Å². The first-order valence-corrected chi connectivity index (χ1v) is 9.82. The zero-order valence-electron chi connectivity index (χ0n) is 17.2. The van der Waals surface area contributed by atoms with Gasteiger partial charge in [0.1, 0.15) is 17.6 Å². The Kier molecular flexibility index (Phi) is 6.95. The molecule has 1 heterocycles.